The maximum absolute atomic E-state index is 13.2. The largest absolute Gasteiger partial charge is 0.434 e. The molecule has 0 spiro atoms. The Morgan fingerprint density at radius 1 is 0.750 bits per heavy atom. The predicted octanol–water partition coefficient (Wildman–Crippen LogP) is 6.11. The highest BCUT2D eigenvalue weighted by Crippen LogP contribution is 2.34. The Hall–Kier alpha value is -5.60. The Balaban J connectivity index is 0.000000201. The van der Waals surface area contributed by atoms with Crippen molar-refractivity contribution in [1.82, 2.24) is 29.2 Å². The van der Waals surface area contributed by atoms with Gasteiger partial charge < -0.3 is 0 Å². The van der Waals surface area contributed by atoms with Gasteiger partial charge in [-0.25, -0.2) is 33.0 Å². The van der Waals surface area contributed by atoms with Crippen LogP contribution in [0.5, 0.6) is 0 Å². The molecule has 2 aromatic carbocycles. The molecule has 0 bridgehead atoms. The smallest absolute Gasteiger partial charge is 0.298 e. The number of rotatable bonds is 7. The second-order valence-electron chi connectivity index (χ2n) is 10.9. The van der Waals surface area contributed by atoms with Gasteiger partial charge in [-0.1, -0.05) is 30.3 Å². The monoisotopic (exact) mass is 764 g/mol. The van der Waals surface area contributed by atoms with Crippen LogP contribution >= 0.6 is 0 Å². The molecule has 0 fully saturated rings. The van der Waals surface area contributed by atoms with Gasteiger partial charge in [-0.05, 0) is 61.9 Å². The van der Waals surface area contributed by atoms with Crippen molar-refractivity contribution in [2.75, 3.05) is 4.83 Å². The van der Waals surface area contributed by atoms with Crippen molar-refractivity contribution in [3.63, 3.8) is 0 Å². The first-order valence-electron chi connectivity index (χ1n) is 14.6. The lowest BCUT2D eigenvalue weighted by molar-refractivity contribution is -0.141. The van der Waals surface area contributed by atoms with Crippen LogP contribution in [0.2, 0.25) is 0 Å². The Labute approximate surface area is 292 Å². The number of benzene rings is 2. The van der Waals surface area contributed by atoms with Gasteiger partial charge in [0.2, 0.25) is 10.0 Å². The van der Waals surface area contributed by atoms with Crippen molar-refractivity contribution in [2.45, 2.75) is 36.0 Å². The highest BCUT2D eigenvalue weighted by molar-refractivity contribution is 7.92. The van der Waals surface area contributed by atoms with Gasteiger partial charge in [-0.3, -0.25) is 14.5 Å². The molecule has 0 saturated carbocycles. The number of pyridine rings is 2. The van der Waals surface area contributed by atoms with Crippen LogP contribution in [0.25, 0.3) is 28.5 Å². The number of hydrogen-bond acceptors (Lipinski definition) is 8. The van der Waals surface area contributed by atoms with E-state index in [1.165, 1.54) is 73.1 Å². The maximum Gasteiger partial charge on any atom is 0.434 e. The summed E-state index contributed by atoms with van der Waals surface area (Å²) in [6.45, 7) is 3.32. The molecular formula is C32H26F6N8O4S2. The third-order valence-corrected chi connectivity index (χ3v) is 9.37. The van der Waals surface area contributed by atoms with E-state index in [0.717, 1.165) is 15.4 Å². The number of nitrogens with two attached hydrogens (primary N) is 1. The van der Waals surface area contributed by atoms with Gasteiger partial charge in [0.25, 0.3) is 10.0 Å². The lowest BCUT2D eigenvalue weighted by Crippen LogP contribution is -2.23. The molecule has 0 atom stereocenters. The number of aromatic nitrogens is 6. The first kappa shape index (κ1) is 37.7. The van der Waals surface area contributed by atoms with Gasteiger partial charge in [0.15, 0.2) is 17.2 Å². The summed E-state index contributed by atoms with van der Waals surface area (Å²) >= 11 is 0. The molecule has 0 amide bonds. The minimum Gasteiger partial charge on any atom is -0.298 e. The fourth-order valence-electron chi connectivity index (χ4n) is 4.76. The summed E-state index contributed by atoms with van der Waals surface area (Å²) in [4.78, 5) is 16.9. The SMILES string of the molecule is Cc1cncc(-c2nc(C(F)(F)F)cn2-c2ccccc2S(N)(=O)=O)c1.Cc1ncccc1-c1nc(C(F)(F)F)cn1NS(=O)(=O)c1ccccc1. The molecule has 20 heteroatoms. The Bertz CT molecular complexity index is 2450. The molecule has 6 aromatic rings. The van der Waals surface area contributed by atoms with Crippen LogP contribution in [-0.4, -0.2) is 46.0 Å². The molecule has 0 aliphatic carbocycles. The normalized spacial score (nSPS) is 12.2. The predicted molar refractivity (Wildman–Crippen MR) is 176 cm³/mol. The zero-order valence-electron chi connectivity index (χ0n) is 26.8. The standard InChI is InChI=1S/2C16H13F3N4O2S/c1-11-13(8-5-9-20-11)15-21-14(16(17,18)19)10-23(15)22-26(24,25)12-6-3-2-4-7-12;1-10-6-11(8-21-7-10)15-22-14(16(17,18)19)9-23(15)12-4-2-3-5-13(12)26(20,24)25/h2-10,22H,1H3;2-9H,1H3,(H2,20,24,25). The maximum atomic E-state index is 13.2. The molecular weight excluding hydrogens is 739 g/mol. The van der Waals surface area contributed by atoms with Crippen molar-refractivity contribution in [2.24, 2.45) is 5.14 Å². The lowest BCUT2D eigenvalue weighted by Gasteiger charge is -2.12. The molecule has 3 N–H and O–H groups in total. The van der Waals surface area contributed by atoms with E-state index in [-0.39, 0.29) is 32.7 Å². The Morgan fingerprint density at radius 2 is 1.37 bits per heavy atom. The van der Waals surface area contributed by atoms with Crippen LogP contribution in [0.4, 0.5) is 26.3 Å². The number of nitrogens with one attached hydrogen (secondary N) is 1. The summed E-state index contributed by atoms with van der Waals surface area (Å²) in [6, 6.07) is 17.5. The summed E-state index contributed by atoms with van der Waals surface area (Å²) in [5, 5.41) is 5.20. The summed E-state index contributed by atoms with van der Waals surface area (Å²) < 4.78 is 129. The van der Waals surface area contributed by atoms with E-state index in [0.29, 0.717) is 23.0 Å². The number of nitrogens with zero attached hydrogens (tertiary/aromatic N) is 6. The number of primary sulfonamides is 1. The molecule has 0 aliphatic rings. The van der Waals surface area contributed by atoms with Gasteiger partial charge in [-0.15, -0.1) is 0 Å². The van der Waals surface area contributed by atoms with E-state index >= 15 is 0 Å². The van der Waals surface area contributed by atoms with E-state index in [1.807, 2.05) is 0 Å². The number of halogens is 6. The summed E-state index contributed by atoms with van der Waals surface area (Å²) in [5.74, 6) is -0.299. The van der Waals surface area contributed by atoms with Crippen LogP contribution < -0.4 is 9.97 Å². The Kier molecular flexibility index (Phi) is 10.3. The second kappa shape index (κ2) is 14.2. The zero-order chi connectivity index (χ0) is 38.1. The number of para-hydroxylation sites is 1. The van der Waals surface area contributed by atoms with Crippen molar-refractivity contribution >= 4 is 20.0 Å². The molecule has 0 unspecified atom stereocenters. The van der Waals surface area contributed by atoms with Crippen LogP contribution in [0.1, 0.15) is 22.6 Å². The fourth-order valence-corrected chi connectivity index (χ4v) is 6.50. The first-order valence-corrected chi connectivity index (χ1v) is 17.7. The number of alkyl halides is 6. The Morgan fingerprint density at radius 3 is 1.98 bits per heavy atom. The average Bonchev–Trinajstić information content (AvgIpc) is 3.71. The molecule has 0 saturated heterocycles. The molecule has 12 nitrogen and oxygen atoms in total. The van der Waals surface area contributed by atoms with Gasteiger partial charge in [0.05, 0.1) is 16.8 Å². The quantitative estimate of drug-likeness (QED) is 0.184. The third kappa shape index (κ3) is 8.46. The van der Waals surface area contributed by atoms with Crippen molar-refractivity contribution < 1.29 is 43.2 Å². The number of hydrogen-bond donors (Lipinski definition) is 2. The highest BCUT2D eigenvalue weighted by atomic mass is 32.2. The first-order chi connectivity index (χ1) is 24.3. The summed E-state index contributed by atoms with van der Waals surface area (Å²) in [6.07, 6.45) is -3.72. The molecule has 52 heavy (non-hydrogen) atoms. The molecule has 0 radical (unpaired) electrons. The van der Waals surface area contributed by atoms with Gasteiger partial charge >= 0.3 is 12.4 Å². The third-order valence-electron chi connectivity index (χ3n) is 7.08. The second-order valence-corrected chi connectivity index (χ2v) is 14.1. The van der Waals surface area contributed by atoms with E-state index < -0.39 is 43.8 Å². The zero-order valence-corrected chi connectivity index (χ0v) is 28.4. The molecule has 6 rings (SSSR count). The number of imidazole rings is 2. The highest BCUT2D eigenvalue weighted by Gasteiger charge is 2.37. The minimum atomic E-state index is -4.73. The van der Waals surface area contributed by atoms with Gasteiger partial charge in [0.1, 0.15) is 10.7 Å². The summed E-state index contributed by atoms with van der Waals surface area (Å²) in [5.41, 5.74) is -0.694. The van der Waals surface area contributed by atoms with Crippen molar-refractivity contribution in [3.05, 3.63) is 126 Å². The van der Waals surface area contributed by atoms with Crippen LogP contribution in [0.15, 0.2) is 114 Å². The number of aryl methyl sites for hydroxylation is 2. The molecule has 4 heterocycles. The molecule has 272 valence electrons. The minimum absolute atomic E-state index is 0.0329. The topological polar surface area (TPSA) is 168 Å². The fraction of sp³-hybridized carbons (Fsp3) is 0.125. The average molecular weight is 765 g/mol. The van der Waals surface area contributed by atoms with E-state index in [9.17, 15) is 43.2 Å². The molecule has 4 aromatic heterocycles. The van der Waals surface area contributed by atoms with Gasteiger partial charge in [-0.2, -0.15) is 34.8 Å². The molecule has 0 aliphatic heterocycles. The van der Waals surface area contributed by atoms with Crippen LogP contribution in [0.3, 0.4) is 0 Å². The lowest BCUT2D eigenvalue weighted by atomic mass is 10.2. The van der Waals surface area contributed by atoms with Gasteiger partial charge in [0, 0.05) is 41.6 Å². The van der Waals surface area contributed by atoms with Crippen LogP contribution in [-0.2, 0) is 32.4 Å². The van der Waals surface area contributed by atoms with Crippen molar-refractivity contribution in [1.29, 1.82) is 0 Å². The van der Waals surface area contributed by atoms with E-state index in [2.05, 4.69) is 24.8 Å². The summed E-state index contributed by atoms with van der Waals surface area (Å²) in [7, 11) is -8.26. The van der Waals surface area contributed by atoms with Crippen LogP contribution in [0, 0.1) is 13.8 Å². The van der Waals surface area contributed by atoms with E-state index in [1.54, 1.807) is 32.2 Å². The van der Waals surface area contributed by atoms with Crippen molar-refractivity contribution in [3.8, 4) is 28.5 Å². The number of sulfonamides is 2. The van der Waals surface area contributed by atoms with E-state index in [4.69, 9.17) is 5.14 Å².